The van der Waals surface area contributed by atoms with E-state index in [4.69, 9.17) is 9.73 Å². The minimum atomic E-state index is -0.339. The first kappa shape index (κ1) is 21.4. The highest BCUT2D eigenvalue weighted by Crippen LogP contribution is 2.30. The third kappa shape index (κ3) is 4.90. The van der Waals surface area contributed by atoms with Crippen LogP contribution in [0.2, 0.25) is 0 Å². The number of anilines is 2. The van der Waals surface area contributed by atoms with Gasteiger partial charge in [0.1, 0.15) is 11.9 Å². The number of thioether (sulfide) groups is 1. The molecule has 2 aliphatic heterocycles. The van der Waals surface area contributed by atoms with E-state index in [1.54, 1.807) is 4.90 Å². The molecular formula is C22H25N5O3S. The summed E-state index contributed by atoms with van der Waals surface area (Å²) >= 11 is 1.24. The van der Waals surface area contributed by atoms with E-state index in [9.17, 15) is 9.59 Å². The van der Waals surface area contributed by atoms with Gasteiger partial charge in [0.15, 0.2) is 5.17 Å². The first-order valence-electron chi connectivity index (χ1n) is 10.2. The second-order valence-electron chi connectivity index (χ2n) is 7.29. The van der Waals surface area contributed by atoms with Gasteiger partial charge < -0.3 is 10.1 Å². The van der Waals surface area contributed by atoms with Crippen LogP contribution < -0.4 is 25.8 Å². The number of amidine groups is 1. The van der Waals surface area contributed by atoms with Gasteiger partial charge in [0.25, 0.3) is 0 Å². The van der Waals surface area contributed by atoms with E-state index >= 15 is 0 Å². The zero-order valence-electron chi connectivity index (χ0n) is 17.4. The van der Waals surface area contributed by atoms with Gasteiger partial charge in [-0.25, -0.2) is 10.4 Å². The van der Waals surface area contributed by atoms with Gasteiger partial charge >= 0.3 is 0 Å². The summed E-state index contributed by atoms with van der Waals surface area (Å²) < 4.78 is 5.50. The van der Waals surface area contributed by atoms with E-state index in [1.165, 1.54) is 11.8 Å². The topological polar surface area (TPSA) is 95.1 Å². The SMILES string of the molecule is CCOc1ccc(N2C(=O)C3CNNC3N=C2SCC(=O)Nc2ccc(C)cc2)cc1. The second-order valence-corrected chi connectivity index (χ2v) is 8.23. The van der Waals surface area contributed by atoms with Crippen molar-refractivity contribution in [1.29, 1.82) is 0 Å². The first-order chi connectivity index (χ1) is 15.0. The number of aryl methyl sites for hydroxylation is 1. The summed E-state index contributed by atoms with van der Waals surface area (Å²) in [6, 6.07) is 14.9. The Morgan fingerprint density at radius 1 is 1.23 bits per heavy atom. The molecule has 2 heterocycles. The molecule has 0 aromatic heterocycles. The molecule has 3 N–H and O–H groups in total. The standard InChI is InChI=1S/C22H25N5O3S/c1-3-30-17-10-8-16(9-11-17)27-21(29)18-12-23-26-20(18)25-22(27)31-13-19(28)24-15-6-4-14(2)5-7-15/h4-11,18,20,23,26H,3,12-13H2,1-2H3,(H,24,28). The molecule has 8 nitrogen and oxygen atoms in total. The molecule has 2 aliphatic rings. The Hall–Kier alpha value is -2.88. The zero-order chi connectivity index (χ0) is 21.8. The number of hydrazine groups is 1. The summed E-state index contributed by atoms with van der Waals surface area (Å²) in [5.74, 6) is 0.371. The van der Waals surface area contributed by atoms with Crippen LogP contribution in [0.1, 0.15) is 12.5 Å². The normalized spacial score (nSPS) is 20.3. The second kappa shape index (κ2) is 9.51. The Balaban J connectivity index is 1.50. The minimum Gasteiger partial charge on any atom is -0.494 e. The maximum absolute atomic E-state index is 13.2. The Morgan fingerprint density at radius 2 is 1.97 bits per heavy atom. The van der Waals surface area contributed by atoms with Crippen molar-refractivity contribution >= 4 is 40.1 Å². The summed E-state index contributed by atoms with van der Waals surface area (Å²) in [4.78, 5) is 32.0. The van der Waals surface area contributed by atoms with Crippen LogP contribution in [0.25, 0.3) is 0 Å². The summed E-state index contributed by atoms with van der Waals surface area (Å²) in [5, 5.41) is 3.37. The molecule has 2 atom stereocenters. The molecule has 0 spiro atoms. The van der Waals surface area contributed by atoms with Crippen LogP contribution in [-0.2, 0) is 9.59 Å². The van der Waals surface area contributed by atoms with Gasteiger partial charge in [-0.05, 0) is 50.2 Å². The van der Waals surface area contributed by atoms with Gasteiger partial charge in [-0.2, -0.15) is 0 Å². The molecule has 1 fully saturated rings. The van der Waals surface area contributed by atoms with Gasteiger partial charge in [-0.1, -0.05) is 29.5 Å². The number of nitrogens with one attached hydrogen (secondary N) is 3. The summed E-state index contributed by atoms with van der Waals surface area (Å²) in [7, 11) is 0. The molecular weight excluding hydrogens is 414 g/mol. The van der Waals surface area contributed by atoms with Gasteiger partial charge in [0, 0.05) is 12.2 Å². The van der Waals surface area contributed by atoms with Crippen molar-refractivity contribution in [2.45, 2.75) is 20.0 Å². The fourth-order valence-electron chi connectivity index (χ4n) is 3.43. The molecule has 2 aromatic carbocycles. The molecule has 2 unspecified atom stereocenters. The number of ether oxygens (including phenoxy) is 1. The third-order valence-electron chi connectivity index (χ3n) is 5.01. The smallest absolute Gasteiger partial charge is 0.241 e. The monoisotopic (exact) mass is 439 g/mol. The number of aliphatic imine (C=N–C) groups is 1. The van der Waals surface area contributed by atoms with E-state index in [2.05, 4.69) is 16.2 Å². The van der Waals surface area contributed by atoms with E-state index in [1.807, 2.05) is 62.4 Å². The number of amides is 2. The fourth-order valence-corrected chi connectivity index (χ4v) is 4.27. The summed E-state index contributed by atoms with van der Waals surface area (Å²) in [6.07, 6.45) is -0.339. The number of benzene rings is 2. The van der Waals surface area contributed by atoms with Crippen LogP contribution in [0.3, 0.4) is 0 Å². The number of carbonyl (C=O) groups is 2. The number of nitrogens with zero attached hydrogens (tertiary/aromatic N) is 2. The molecule has 0 radical (unpaired) electrons. The lowest BCUT2D eigenvalue weighted by Crippen LogP contribution is -2.49. The van der Waals surface area contributed by atoms with Crippen molar-refractivity contribution in [3.8, 4) is 5.75 Å². The van der Waals surface area contributed by atoms with Gasteiger partial charge in [-0.15, -0.1) is 0 Å². The number of carbonyl (C=O) groups excluding carboxylic acids is 2. The molecule has 0 aliphatic carbocycles. The van der Waals surface area contributed by atoms with Gasteiger partial charge in [0.05, 0.1) is 24.0 Å². The summed E-state index contributed by atoms with van der Waals surface area (Å²) in [5.41, 5.74) is 8.60. The molecule has 0 bridgehead atoms. The van der Waals surface area contributed by atoms with Crippen molar-refractivity contribution in [2.24, 2.45) is 10.9 Å². The van der Waals surface area contributed by atoms with Crippen LogP contribution in [0.15, 0.2) is 53.5 Å². The Labute approximate surface area is 185 Å². The molecule has 162 valence electrons. The molecule has 0 saturated carbocycles. The van der Waals surface area contributed by atoms with E-state index in [0.717, 1.165) is 17.0 Å². The number of rotatable bonds is 6. The van der Waals surface area contributed by atoms with Crippen LogP contribution in [-0.4, -0.2) is 42.1 Å². The lowest BCUT2D eigenvalue weighted by molar-refractivity contribution is -0.121. The molecule has 4 rings (SSSR count). The Morgan fingerprint density at radius 3 is 2.68 bits per heavy atom. The lowest BCUT2D eigenvalue weighted by atomic mass is 10.0. The zero-order valence-corrected chi connectivity index (χ0v) is 18.2. The number of hydrogen-bond acceptors (Lipinski definition) is 7. The molecule has 2 aromatic rings. The van der Waals surface area contributed by atoms with Crippen molar-refractivity contribution in [1.82, 2.24) is 10.9 Å². The highest BCUT2D eigenvalue weighted by molar-refractivity contribution is 8.14. The average Bonchev–Trinajstić information content (AvgIpc) is 3.24. The van der Waals surface area contributed by atoms with Gasteiger partial charge in [-0.3, -0.25) is 19.9 Å². The van der Waals surface area contributed by atoms with Crippen LogP contribution in [0, 0.1) is 12.8 Å². The van der Waals surface area contributed by atoms with Crippen molar-refractivity contribution in [3.05, 3.63) is 54.1 Å². The predicted octanol–water partition coefficient (Wildman–Crippen LogP) is 2.52. The lowest BCUT2D eigenvalue weighted by Gasteiger charge is -2.32. The first-order valence-corrected chi connectivity index (χ1v) is 11.2. The van der Waals surface area contributed by atoms with E-state index < -0.39 is 0 Å². The fraction of sp³-hybridized carbons (Fsp3) is 0.318. The van der Waals surface area contributed by atoms with Crippen LogP contribution >= 0.6 is 11.8 Å². The molecule has 31 heavy (non-hydrogen) atoms. The number of hydrogen-bond donors (Lipinski definition) is 3. The van der Waals surface area contributed by atoms with Crippen LogP contribution in [0.4, 0.5) is 11.4 Å². The van der Waals surface area contributed by atoms with Crippen molar-refractivity contribution < 1.29 is 14.3 Å². The third-order valence-corrected chi connectivity index (χ3v) is 5.96. The molecule has 1 saturated heterocycles. The van der Waals surface area contributed by atoms with Crippen molar-refractivity contribution in [2.75, 3.05) is 29.1 Å². The van der Waals surface area contributed by atoms with E-state index in [0.29, 0.717) is 24.0 Å². The van der Waals surface area contributed by atoms with Crippen LogP contribution in [0.5, 0.6) is 5.75 Å². The molecule has 2 amide bonds. The average molecular weight is 440 g/mol. The highest BCUT2D eigenvalue weighted by Gasteiger charge is 2.42. The Bertz CT molecular complexity index is 978. The van der Waals surface area contributed by atoms with Crippen molar-refractivity contribution in [3.63, 3.8) is 0 Å². The minimum absolute atomic E-state index is 0.0527. The quantitative estimate of drug-likeness (QED) is 0.640. The van der Waals surface area contributed by atoms with Gasteiger partial charge in [0.2, 0.25) is 11.8 Å². The maximum atomic E-state index is 13.2. The van der Waals surface area contributed by atoms with E-state index in [-0.39, 0.29) is 29.7 Å². The molecule has 9 heteroatoms. The predicted molar refractivity (Wildman–Crippen MR) is 123 cm³/mol. The summed E-state index contributed by atoms with van der Waals surface area (Å²) in [6.45, 7) is 4.99. The number of fused-ring (bicyclic) bond motifs is 1. The highest BCUT2D eigenvalue weighted by atomic mass is 32.2. The maximum Gasteiger partial charge on any atom is 0.241 e. The largest absolute Gasteiger partial charge is 0.494 e. The Kier molecular flexibility index (Phi) is 6.55.